The van der Waals surface area contributed by atoms with Crippen molar-refractivity contribution in [3.05, 3.63) is 0 Å². The largest absolute Gasteiger partial charge is 0.394 e. The van der Waals surface area contributed by atoms with Crippen LogP contribution < -0.4 is 0 Å². The summed E-state index contributed by atoms with van der Waals surface area (Å²) in [6.07, 6.45) is 0. The molecule has 0 bridgehead atoms. The van der Waals surface area contributed by atoms with Crippen LogP contribution in [0.25, 0.3) is 0 Å². The maximum Gasteiger partial charge on any atom is 0.339 e. The smallest absolute Gasteiger partial charge is 0.339 e. The van der Waals surface area contributed by atoms with Gasteiger partial charge in [0.05, 0.1) is 6.67 Å². The second-order valence-corrected chi connectivity index (χ2v) is 9.14. The zero-order chi connectivity index (χ0) is 13.5. The minimum atomic E-state index is -2.25. The highest BCUT2D eigenvalue weighted by atomic mass is 28.4. The summed E-state index contributed by atoms with van der Waals surface area (Å²) in [6, 6.07) is 1.68. The van der Waals surface area contributed by atoms with Gasteiger partial charge in [0.15, 0.2) is 0 Å². The van der Waals surface area contributed by atoms with Crippen LogP contribution >= 0.6 is 0 Å². The Morgan fingerprint density at radius 2 is 1.59 bits per heavy atom. The molecule has 0 rings (SSSR count). The van der Waals surface area contributed by atoms with E-state index in [2.05, 4.69) is 20.8 Å². The Morgan fingerprint density at radius 3 is 1.88 bits per heavy atom. The lowest BCUT2D eigenvalue weighted by atomic mass is 10.0. The summed E-state index contributed by atoms with van der Waals surface area (Å²) in [5, 5.41) is 0. The summed E-state index contributed by atoms with van der Waals surface area (Å²) < 4.78 is 24.7. The lowest BCUT2D eigenvalue weighted by molar-refractivity contribution is 0.164. The fourth-order valence-electron chi connectivity index (χ4n) is 2.25. The molecule has 1 atom stereocenters. The van der Waals surface area contributed by atoms with Crippen molar-refractivity contribution in [1.82, 2.24) is 0 Å². The summed E-state index contributed by atoms with van der Waals surface area (Å²) in [5.41, 5.74) is 0.159. The fraction of sp³-hybridized carbons (Fsp3) is 1.00. The van der Waals surface area contributed by atoms with Crippen LogP contribution in [0, 0.1) is 11.3 Å². The molecule has 104 valence electrons. The summed E-state index contributed by atoms with van der Waals surface area (Å²) >= 11 is 0. The van der Waals surface area contributed by atoms with E-state index in [0.717, 1.165) is 12.1 Å². The number of rotatable bonds is 8. The molecule has 0 radical (unpaired) electrons. The van der Waals surface area contributed by atoms with Crippen molar-refractivity contribution >= 4 is 8.56 Å². The number of hydrogen-bond acceptors (Lipinski definition) is 2. The number of hydrogen-bond donors (Lipinski definition) is 0. The van der Waals surface area contributed by atoms with Crippen molar-refractivity contribution in [2.45, 2.75) is 53.6 Å². The first-order valence-electron chi connectivity index (χ1n) is 6.62. The molecule has 4 heteroatoms. The zero-order valence-corrected chi connectivity index (χ0v) is 13.3. The molecule has 0 aromatic carbocycles. The number of halogens is 1. The maximum absolute atomic E-state index is 12.7. The van der Waals surface area contributed by atoms with Crippen LogP contribution in [0.1, 0.15) is 41.5 Å². The topological polar surface area (TPSA) is 18.5 Å². The molecule has 17 heavy (non-hydrogen) atoms. The van der Waals surface area contributed by atoms with Crippen LogP contribution in [0.5, 0.6) is 0 Å². The monoisotopic (exact) mass is 264 g/mol. The highest BCUT2D eigenvalue weighted by Gasteiger charge is 2.42. The van der Waals surface area contributed by atoms with Crippen LogP contribution in [-0.2, 0) is 8.85 Å². The average molecular weight is 264 g/mol. The Balaban J connectivity index is 4.83. The molecule has 0 spiro atoms. The molecule has 0 heterocycles. The van der Waals surface area contributed by atoms with Gasteiger partial charge < -0.3 is 8.85 Å². The summed E-state index contributed by atoms with van der Waals surface area (Å²) in [5.74, 6) is 0.0297. The molecule has 2 nitrogen and oxygen atoms in total. The molecule has 0 aliphatic heterocycles. The second-order valence-electron chi connectivity index (χ2n) is 5.98. The van der Waals surface area contributed by atoms with Gasteiger partial charge in [0.2, 0.25) is 0 Å². The zero-order valence-electron chi connectivity index (χ0n) is 12.3. The summed E-state index contributed by atoms with van der Waals surface area (Å²) in [4.78, 5) is 0. The lowest BCUT2D eigenvalue weighted by Crippen LogP contribution is -2.46. The van der Waals surface area contributed by atoms with Crippen molar-refractivity contribution in [1.29, 1.82) is 0 Å². The molecule has 0 aromatic rings. The predicted molar refractivity (Wildman–Crippen MR) is 73.2 cm³/mol. The van der Waals surface area contributed by atoms with Crippen molar-refractivity contribution in [2.24, 2.45) is 11.3 Å². The van der Waals surface area contributed by atoms with Gasteiger partial charge in [0, 0.05) is 13.2 Å². The van der Waals surface area contributed by atoms with Gasteiger partial charge in [-0.3, -0.25) is 4.39 Å². The molecule has 0 aliphatic carbocycles. The molecule has 0 amide bonds. The fourth-order valence-corrected chi connectivity index (χ4v) is 6.76. The van der Waals surface area contributed by atoms with E-state index in [-0.39, 0.29) is 18.0 Å². The Bertz CT molecular complexity index is 198. The molecular weight excluding hydrogens is 235 g/mol. The highest BCUT2D eigenvalue weighted by molar-refractivity contribution is 6.67. The molecule has 0 N–H and O–H groups in total. The van der Waals surface area contributed by atoms with Crippen LogP contribution in [0.4, 0.5) is 4.39 Å². The molecule has 0 fully saturated rings. The second kappa shape index (κ2) is 7.49. The van der Waals surface area contributed by atoms with E-state index in [1.54, 1.807) is 0 Å². The highest BCUT2D eigenvalue weighted by Crippen LogP contribution is 2.34. The predicted octanol–water partition coefficient (Wildman–Crippen LogP) is 4.15. The van der Waals surface area contributed by atoms with E-state index in [4.69, 9.17) is 8.85 Å². The number of alkyl halides is 1. The van der Waals surface area contributed by atoms with Crippen LogP contribution in [0.15, 0.2) is 0 Å². The first kappa shape index (κ1) is 17.1. The van der Waals surface area contributed by atoms with E-state index in [0.29, 0.717) is 13.2 Å². The Labute approximate surface area is 107 Å². The first-order chi connectivity index (χ1) is 7.78. The summed E-state index contributed by atoms with van der Waals surface area (Å²) in [7, 11) is -2.25. The molecule has 0 aliphatic rings. The lowest BCUT2D eigenvalue weighted by Gasteiger charge is -2.36. The molecule has 0 saturated carbocycles. The van der Waals surface area contributed by atoms with Gasteiger partial charge >= 0.3 is 8.56 Å². The quantitative estimate of drug-likeness (QED) is 0.613. The van der Waals surface area contributed by atoms with Crippen LogP contribution in [0.2, 0.25) is 12.1 Å². The van der Waals surface area contributed by atoms with Crippen molar-refractivity contribution in [2.75, 3.05) is 19.9 Å². The van der Waals surface area contributed by atoms with Crippen molar-refractivity contribution in [3.63, 3.8) is 0 Å². The molecular formula is C13H29FO2Si. The minimum absolute atomic E-state index is 0.0297. The maximum atomic E-state index is 12.7. The summed E-state index contributed by atoms with van der Waals surface area (Å²) in [6.45, 7) is 13.5. The van der Waals surface area contributed by atoms with Gasteiger partial charge in [0.25, 0.3) is 0 Å². The van der Waals surface area contributed by atoms with Gasteiger partial charge in [-0.05, 0) is 37.3 Å². The minimum Gasteiger partial charge on any atom is -0.394 e. The Morgan fingerprint density at radius 1 is 1.12 bits per heavy atom. The van der Waals surface area contributed by atoms with E-state index < -0.39 is 8.56 Å². The van der Waals surface area contributed by atoms with Crippen LogP contribution in [-0.4, -0.2) is 28.4 Å². The third-order valence-corrected chi connectivity index (χ3v) is 7.09. The third kappa shape index (κ3) is 7.16. The molecule has 0 aromatic heterocycles. The Kier molecular flexibility index (Phi) is 7.52. The molecule has 0 saturated heterocycles. The first-order valence-corrected chi connectivity index (χ1v) is 8.85. The van der Waals surface area contributed by atoms with Gasteiger partial charge in [-0.1, -0.05) is 27.7 Å². The van der Waals surface area contributed by atoms with Crippen LogP contribution in [0.3, 0.4) is 0 Å². The van der Waals surface area contributed by atoms with E-state index in [1.807, 2.05) is 20.8 Å². The third-order valence-electron chi connectivity index (χ3n) is 2.54. The van der Waals surface area contributed by atoms with E-state index in [1.165, 1.54) is 0 Å². The van der Waals surface area contributed by atoms with E-state index >= 15 is 0 Å². The van der Waals surface area contributed by atoms with Gasteiger partial charge in [-0.25, -0.2) is 0 Å². The van der Waals surface area contributed by atoms with Crippen molar-refractivity contribution in [3.8, 4) is 0 Å². The van der Waals surface area contributed by atoms with Gasteiger partial charge in [-0.2, -0.15) is 0 Å². The molecule has 1 unspecified atom stereocenters. The van der Waals surface area contributed by atoms with Gasteiger partial charge in [-0.15, -0.1) is 0 Å². The normalized spacial score (nSPS) is 15.0. The van der Waals surface area contributed by atoms with E-state index in [9.17, 15) is 4.39 Å². The standard InChI is InChI=1S/C13H29FO2Si/c1-7-15-17(16-8-2,10-12(3)9-14)11-13(4,5)6/h12H,7-11H2,1-6H3. The van der Waals surface area contributed by atoms with Gasteiger partial charge in [0.1, 0.15) is 0 Å². The average Bonchev–Trinajstić information content (AvgIpc) is 2.15. The Hall–Kier alpha value is 0.0669. The van der Waals surface area contributed by atoms with Crippen molar-refractivity contribution < 1.29 is 13.2 Å². The SMILES string of the molecule is CCO[Si](CC(C)CF)(CC(C)(C)C)OCC.